The SMILES string of the molecule is O=S1(=O)CCC(N2CCNc3ccc(Cl)cc32)C1. The summed E-state index contributed by atoms with van der Waals surface area (Å²) in [6, 6.07) is 5.80. The highest BCUT2D eigenvalue weighted by Gasteiger charge is 2.34. The minimum Gasteiger partial charge on any atom is -0.382 e. The first-order valence-electron chi connectivity index (χ1n) is 6.06. The second-order valence-electron chi connectivity index (χ2n) is 4.84. The smallest absolute Gasteiger partial charge is 0.152 e. The Morgan fingerprint density at radius 1 is 1.39 bits per heavy atom. The number of nitrogens with one attached hydrogen (secondary N) is 1. The third-order valence-corrected chi connectivity index (χ3v) is 5.57. The largest absolute Gasteiger partial charge is 0.382 e. The van der Waals surface area contributed by atoms with Crippen LogP contribution < -0.4 is 10.2 Å². The Morgan fingerprint density at radius 3 is 2.94 bits per heavy atom. The van der Waals surface area contributed by atoms with Crippen molar-refractivity contribution in [1.82, 2.24) is 0 Å². The average molecular weight is 287 g/mol. The van der Waals surface area contributed by atoms with E-state index in [1.807, 2.05) is 18.2 Å². The van der Waals surface area contributed by atoms with E-state index in [1.165, 1.54) is 0 Å². The van der Waals surface area contributed by atoms with Crippen LogP contribution in [0.4, 0.5) is 11.4 Å². The Labute approximate surface area is 112 Å². The molecule has 1 fully saturated rings. The van der Waals surface area contributed by atoms with Crippen molar-refractivity contribution >= 4 is 32.8 Å². The molecule has 0 amide bonds. The molecule has 2 aliphatic rings. The highest BCUT2D eigenvalue weighted by atomic mass is 35.5. The first-order valence-corrected chi connectivity index (χ1v) is 8.26. The molecule has 1 N–H and O–H groups in total. The van der Waals surface area contributed by atoms with E-state index in [1.54, 1.807) is 0 Å². The summed E-state index contributed by atoms with van der Waals surface area (Å²) in [7, 11) is -2.85. The Balaban J connectivity index is 1.94. The summed E-state index contributed by atoms with van der Waals surface area (Å²) in [5.41, 5.74) is 2.06. The highest BCUT2D eigenvalue weighted by molar-refractivity contribution is 7.91. The lowest BCUT2D eigenvalue weighted by Crippen LogP contribution is -2.42. The molecule has 2 heterocycles. The summed E-state index contributed by atoms with van der Waals surface area (Å²) in [4.78, 5) is 2.18. The quantitative estimate of drug-likeness (QED) is 0.855. The van der Waals surface area contributed by atoms with E-state index in [2.05, 4.69) is 10.2 Å². The standard InChI is InChI=1S/C12H15ClN2O2S/c13-9-1-2-11-12(7-9)15(5-4-14-11)10-3-6-18(16,17)8-10/h1-2,7,10,14H,3-6,8H2. The van der Waals surface area contributed by atoms with Gasteiger partial charge >= 0.3 is 0 Å². The predicted octanol–water partition coefficient (Wildman–Crippen LogP) is 1.76. The van der Waals surface area contributed by atoms with Gasteiger partial charge in [0.15, 0.2) is 9.84 Å². The number of sulfone groups is 1. The van der Waals surface area contributed by atoms with Crippen molar-refractivity contribution in [2.24, 2.45) is 0 Å². The van der Waals surface area contributed by atoms with Gasteiger partial charge in [0.2, 0.25) is 0 Å². The van der Waals surface area contributed by atoms with Gasteiger partial charge in [-0.15, -0.1) is 0 Å². The molecule has 0 saturated carbocycles. The predicted molar refractivity (Wildman–Crippen MR) is 74.3 cm³/mol. The number of benzene rings is 1. The fraction of sp³-hybridized carbons (Fsp3) is 0.500. The number of hydrogen-bond acceptors (Lipinski definition) is 4. The van der Waals surface area contributed by atoms with E-state index in [0.29, 0.717) is 17.2 Å². The van der Waals surface area contributed by atoms with Gasteiger partial charge in [0.05, 0.1) is 22.9 Å². The van der Waals surface area contributed by atoms with Crippen molar-refractivity contribution in [2.45, 2.75) is 12.5 Å². The third kappa shape index (κ3) is 2.17. The van der Waals surface area contributed by atoms with Gasteiger partial charge in [-0.3, -0.25) is 0 Å². The van der Waals surface area contributed by atoms with E-state index >= 15 is 0 Å². The molecule has 1 aromatic rings. The highest BCUT2D eigenvalue weighted by Crippen LogP contribution is 2.35. The van der Waals surface area contributed by atoms with Crippen molar-refractivity contribution in [3.63, 3.8) is 0 Å². The molecule has 0 radical (unpaired) electrons. The summed E-state index contributed by atoms with van der Waals surface area (Å²) in [5.74, 6) is 0.566. The van der Waals surface area contributed by atoms with Gasteiger partial charge in [-0.05, 0) is 24.6 Å². The van der Waals surface area contributed by atoms with Crippen molar-refractivity contribution in [1.29, 1.82) is 0 Å². The van der Waals surface area contributed by atoms with E-state index < -0.39 is 9.84 Å². The molecule has 18 heavy (non-hydrogen) atoms. The van der Waals surface area contributed by atoms with Crippen LogP contribution in [0, 0.1) is 0 Å². The molecule has 1 aromatic carbocycles. The molecule has 0 aromatic heterocycles. The molecule has 3 rings (SSSR count). The fourth-order valence-electron chi connectivity index (χ4n) is 2.72. The van der Waals surface area contributed by atoms with Gasteiger partial charge in [-0.25, -0.2) is 8.42 Å². The number of fused-ring (bicyclic) bond motifs is 1. The second-order valence-corrected chi connectivity index (χ2v) is 7.50. The van der Waals surface area contributed by atoms with E-state index in [9.17, 15) is 8.42 Å². The summed E-state index contributed by atoms with van der Waals surface area (Å²) in [6.45, 7) is 1.67. The van der Waals surface area contributed by atoms with Crippen LogP contribution in [0.25, 0.3) is 0 Å². The molecule has 2 aliphatic heterocycles. The van der Waals surface area contributed by atoms with E-state index in [-0.39, 0.29) is 11.8 Å². The van der Waals surface area contributed by atoms with Crippen LogP contribution in [-0.2, 0) is 9.84 Å². The number of nitrogens with zero attached hydrogens (tertiary/aromatic N) is 1. The molecule has 98 valence electrons. The molecule has 1 atom stereocenters. The maximum Gasteiger partial charge on any atom is 0.152 e. The van der Waals surface area contributed by atoms with E-state index in [4.69, 9.17) is 11.6 Å². The number of anilines is 2. The van der Waals surface area contributed by atoms with Gasteiger partial charge < -0.3 is 10.2 Å². The zero-order valence-corrected chi connectivity index (χ0v) is 11.5. The molecule has 0 bridgehead atoms. The van der Waals surface area contributed by atoms with Crippen LogP contribution in [0.5, 0.6) is 0 Å². The first-order chi connectivity index (χ1) is 8.55. The van der Waals surface area contributed by atoms with Crippen LogP contribution >= 0.6 is 11.6 Å². The minimum absolute atomic E-state index is 0.0920. The first kappa shape index (κ1) is 12.1. The van der Waals surface area contributed by atoms with Gasteiger partial charge in [0.1, 0.15) is 0 Å². The Morgan fingerprint density at radius 2 is 2.22 bits per heavy atom. The van der Waals surface area contributed by atoms with Crippen molar-refractivity contribution in [3.8, 4) is 0 Å². The molecule has 6 heteroatoms. The Bertz CT molecular complexity index is 573. The maximum atomic E-state index is 11.6. The number of rotatable bonds is 1. The normalized spacial score (nSPS) is 25.6. The Hall–Kier alpha value is -0.940. The molecule has 1 saturated heterocycles. The van der Waals surface area contributed by atoms with Crippen LogP contribution in [0.2, 0.25) is 5.02 Å². The second kappa shape index (κ2) is 4.31. The molecule has 4 nitrogen and oxygen atoms in total. The molecular formula is C12H15ClN2O2S. The summed E-state index contributed by atoms with van der Waals surface area (Å²) >= 11 is 6.03. The minimum atomic E-state index is -2.85. The molecule has 0 aliphatic carbocycles. The van der Waals surface area contributed by atoms with Gasteiger partial charge in [0.25, 0.3) is 0 Å². The lowest BCUT2D eigenvalue weighted by molar-refractivity contribution is 0.599. The van der Waals surface area contributed by atoms with Crippen molar-refractivity contribution in [2.75, 3.05) is 34.8 Å². The third-order valence-electron chi connectivity index (χ3n) is 3.59. The van der Waals surface area contributed by atoms with Gasteiger partial charge in [-0.2, -0.15) is 0 Å². The lowest BCUT2D eigenvalue weighted by atomic mass is 10.1. The fourth-order valence-corrected chi connectivity index (χ4v) is 4.62. The monoisotopic (exact) mass is 286 g/mol. The zero-order chi connectivity index (χ0) is 12.8. The topological polar surface area (TPSA) is 49.4 Å². The van der Waals surface area contributed by atoms with Crippen LogP contribution in [0.3, 0.4) is 0 Å². The van der Waals surface area contributed by atoms with Crippen molar-refractivity contribution < 1.29 is 8.42 Å². The zero-order valence-electron chi connectivity index (χ0n) is 9.89. The van der Waals surface area contributed by atoms with Crippen molar-refractivity contribution in [3.05, 3.63) is 23.2 Å². The lowest BCUT2D eigenvalue weighted by Gasteiger charge is -2.36. The van der Waals surface area contributed by atoms with Gasteiger partial charge in [-0.1, -0.05) is 11.6 Å². The number of halogens is 1. The maximum absolute atomic E-state index is 11.6. The average Bonchev–Trinajstić information content (AvgIpc) is 2.69. The van der Waals surface area contributed by atoms with Gasteiger partial charge in [0, 0.05) is 24.2 Å². The molecular weight excluding hydrogens is 272 g/mol. The van der Waals surface area contributed by atoms with Crippen LogP contribution in [-0.4, -0.2) is 39.1 Å². The molecule has 0 spiro atoms. The molecule has 1 unspecified atom stereocenters. The Kier molecular flexibility index (Phi) is 2.90. The van der Waals surface area contributed by atoms with E-state index in [0.717, 1.165) is 24.5 Å². The number of hydrogen-bond donors (Lipinski definition) is 1. The van der Waals surface area contributed by atoms with Crippen LogP contribution in [0.15, 0.2) is 18.2 Å². The summed E-state index contributed by atoms with van der Waals surface area (Å²) in [6.07, 6.45) is 0.717. The summed E-state index contributed by atoms with van der Waals surface area (Å²) in [5, 5.41) is 4.00. The van der Waals surface area contributed by atoms with Crippen LogP contribution in [0.1, 0.15) is 6.42 Å². The summed E-state index contributed by atoms with van der Waals surface area (Å²) < 4.78 is 23.2.